The molecule has 2 aromatic carbocycles. The van der Waals surface area contributed by atoms with Crippen LogP contribution < -0.4 is 10.1 Å². The highest BCUT2D eigenvalue weighted by Crippen LogP contribution is 2.19. The number of benzene rings is 2. The normalized spacial score (nSPS) is 10.4. The molecule has 0 aliphatic carbocycles. The van der Waals surface area contributed by atoms with E-state index >= 15 is 0 Å². The minimum atomic E-state index is -0.436. The summed E-state index contributed by atoms with van der Waals surface area (Å²) in [5.74, 6) is -0.707. The molecule has 0 fully saturated rings. The van der Waals surface area contributed by atoms with Crippen molar-refractivity contribution in [3.63, 3.8) is 0 Å². The predicted molar refractivity (Wildman–Crippen MR) is 121 cm³/mol. The van der Waals surface area contributed by atoms with Gasteiger partial charge in [-0.2, -0.15) is 0 Å². The number of rotatable bonds is 13. The lowest BCUT2D eigenvalue weighted by molar-refractivity contribution is -0.115. The number of hydrogen-bond acceptors (Lipinski definition) is 5. The highest BCUT2D eigenvalue weighted by molar-refractivity contribution is 6.12. The summed E-state index contributed by atoms with van der Waals surface area (Å²) in [6.07, 6.45) is 6.47. The maximum atomic E-state index is 12.4. The van der Waals surface area contributed by atoms with Crippen LogP contribution in [0.2, 0.25) is 0 Å². The quantitative estimate of drug-likeness (QED) is 0.200. The molecule has 31 heavy (non-hydrogen) atoms. The van der Waals surface area contributed by atoms with Gasteiger partial charge in [-0.15, -0.1) is 0 Å². The topological polar surface area (TPSA) is 81.7 Å². The molecule has 0 atom stereocenters. The van der Waals surface area contributed by atoms with Crippen LogP contribution in [0.1, 0.15) is 72.6 Å². The lowest BCUT2D eigenvalue weighted by Gasteiger charge is -2.09. The van der Waals surface area contributed by atoms with Crippen LogP contribution in [0.25, 0.3) is 0 Å². The number of anilines is 1. The lowest BCUT2D eigenvalue weighted by atomic mass is 10.1. The fraction of sp³-hybridized carbons (Fsp3) is 0.400. The van der Waals surface area contributed by atoms with Crippen molar-refractivity contribution in [3.05, 3.63) is 59.7 Å². The Hall–Kier alpha value is -3.15. The number of ketones is 1. The van der Waals surface area contributed by atoms with Gasteiger partial charge in [0.15, 0.2) is 5.78 Å². The van der Waals surface area contributed by atoms with Gasteiger partial charge in [0.05, 0.1) is 31.3 Å². The average Bonchev–Trinajstić information content (AvgIpc) is 2.78. The number of unbranched alkanes of at least 4 members (excludes halogenated alkanes) is 5. The Morgan fingerprint density at radius 2 is 1.55 bits per heavy atom. The van der Waals surface area contributed by atoms with E-state index in [1.54, 1.807) is 48.5 Å². The largest absolute Gasteiger partial charge is 0.496 e. The number of methoxy groups -OCH3 is 1. The average molecular weight is 426 g/mol. The molecule has 1 amide bonds. The molecule has 0 heterocycles. The molecule has 2 aromatic rings. The van der Waals surface area contributed by atoms with Crippen molar-refractivity contribution in [3.8, 4) is 5.75 Å². The van der Waals surface area contributed by atoms with E-state index in [2.05, 4.69) is 12.2 Å². The predicted octanol–water partition coefficient (Wildman–Crippen LogP) is 5.42. The van der Waals surface area contributed by atoms with Gasteiger partial charge >= 0.3 is 5.97 Å². The SMILES string of the molecule is CCCCCCCCOC(=O)c1ccc(NC(=O)CC(=O)c2ccccc2OC)cc1. The summed E-state index contributed by atoms with van der Waals surface area (Å²) in [4.78, 5) is 36.7. The first kappa shape index (κ1) is 24.1. The van der Waals surface area contributed by atoms with Crippen LogP contribution in [0, 0.1) is 0 Å². The first-order valence-corrected chi connectivity index (χ1v) is 10.8. The van der Waals surface area contributed by atoms with E-state index in [4.69, 9.17) is 9.47 Å². The summed E-state index contributed by atoms with van der Waals surface area (Å²) in [5, 5.41) is 2.67. The Morgan fingerprint density at radius 3 is 2.26 bits per heavy atom. The van der Waals surface area contributed by atoms with Crippen LogP contribution in [-0.4, -0.2) is 31.4 Å². The Bertz CT molecular complexity index is 860. The highest BCUT2D eigenvalue weighted by atomic mass is 16.5. The molecule has 0 saturated heterocycles. The third kappa shape index (κ3) is 8.24. The Kier molecular flexibility index (Phi) is 10.3. The van der Waals surface area contributed by atoms with E-state index in [0.29, 0.717) is 29.2 Å². The molecular weight excluding hydrogens is 394 g/mol. The summed E-state index contributed by atoms with van der Waals surface area (Å²) >= 11 is 0. The number of carbonyl (C=O) groups excluding carboxylic acids is 3. The first-order chi connectivity index (χ1) is 15.0. The van der Waals surface area contributed by atoms with Crippen molar-refractivity contribution >= 4 is 23.3 Å². The van der Waals surface area contributed by atoms with E-state index in [1.165, 1.54) is 32.8 Å². The zero-order valence-corrected chi connectivity index (χ0v) is 18.3. The molecule has 0 radical (unpaired) electrons. The molecule has 6 nitrogen and oxygen atoms in total. The fourth-order valence-electron chi connectivity index (χ4n) is 3.14. The van der Waals surface area contributed by atoms with Crippen LogP contribution >= 0.6 is 0 Å². The molecule has 0 saturated carbocycles. The maximum absolute atomic E-state index is 12.4. The van der Waals surface area contributed by atoms with Crippen molar-refractivity contribution in [2.24, 2.45) is 0 Å². The van der Waals surface area contributed by atoms with E-state index in [-0.39, 0.29) is 18.2 Å². The zero-order chi connectivity index (χ0) is 22.5. The Morgan fingerprint density at radius 1 is 0.871 bits per heavy atom. The van der Waals surface area contributed by atoms with Crippen LogP contribution in [0.3, 0.4) is 0 Å². The summed E-state index contributed by atoms with van der Waals surface area (Å²) < 4.78 is 10.5. The summed E-state index contributed by atoms with van der Waals surface area (Å²) in [6.45, 7) is 2.59. The zero-order valence-electron chi connectivity index (χ0n) is 18.3. The molecule has 166 valence electrons. The van der Waals surface area contributed by atoms with Crippen molar-refractivity contribution in [2.75, 3.05) is 19.0 Å². The van der Waals surface area contributed by atoms with Gasteiger partial charge < -0.3 is 14.8 Å². The number of amides is 1. The molecule has 0 spiro atoms. The molecular formula is C25H31NO5. The number of esters is 1. The third-order valence-corrected chi connectivity index (χ3v) is 4.86. The highest BCUT2D eigenvalue weighted by Gasteiger charge is 2.16. The Labute approximate surface area is 183 Å². The third-order valence-electron chi connectivity index (χ3n) is 4.86. The minimum Gasteiger partial charge on any atom is -0.496 e. The van der Waals surface area contributed by atoms with Gasteiger partial charge in [0, 0.05) is 5.69 Å². The molecule has 0 aromatic heterocycles. The minimum absolute atomic E-state index is 0.303. The second-order valence-electron chi connectivity index (χ2n) is 7.33. The fourth-order valence-corrected chi connectivity index (χ4v) is 3.14. The number of carbonyl (C=O) groups is 3. The Balaban J connectivity index is 1.77. The number of nitrogens with one attached hydrogen (secondary N) is 1. The van der Waals surface area contributed by atoms with E-state index < -0.39 is 5.91 Å². The van der Waals surface area contributed by atoms with Gasteiger partial charge in [-0.25, -0.2) is 4.79 Å². The second kappa shape index (κ2) is 13.2. The van der Waals surface area contributed by atoms with E-state index in [0.717, 1.165) is 12.8 Å². The summed E-state index contributed by atoms with van der Waals surface area (Å²) in [7, 11) is 1.48. The van der Waals surface area contributed by atoms with Crippen LogP contribution in [0.4, 0.5) is 5.69 Å². The molecule has 6 heteroatoms. The van der Waals surface area contributed by atoms with Gasteiger partial charge in [-0.3, -0.25) is 9.59 Å². The van der Waals surface area contributed by atoms with Crippen LogP contribution in [0.5, 0.6) is 5.75 Å². The molecule has 0 aliphatic rings. The van der Waals surface area contributed by atoms with Crippen molar-refractivity contribution < 1.29 is 23.9 Å². The number of para-hydroxylation sites is 1. The maximum Gasteiger partial charge on any atom is 0.338 e. The second-order valence-corrected chi connectivity index (χ2v) is 7.33. The molecule has 1 N–H and O–H groups in total. The van der Waals surface area contributed by atoms with Crippen molar-refractivity contribution in [1.82, 2.24) is 0 Å². The standard InChI is InChI=1S/C25H31NO5/c1-3-4-5-6-7-10-17-31-25(29)19-13-15-20(16-14-19)26-24(28)18-22(27)21-11-8-9-12-23(21)30-2/h8-9,11-16H,3-7,10,17-18H2,1-2H3,(H,26,28). The van der Waals surface area contributed by atoms with Crippen molar-refractivity contribution in [2.45, 2.75) is 51.9 Å². The smallest absolute Gasteiger partial charge is 0.338 e. The van der Waals surface area contributed by atoms with Gasteiger partial charge in [-0.1, -0.05) is 51.2 Å². The molecule has 0 bridgehead atoms. The summed E-state index contributed by atoms with van der Waals surface area (Å²) in [6, 6.07) is 13.2. The molecule has 0 aliphatic heterocycles. The van der Waals surface area contributed by atoms with Crippen molar-refractivity contribution in [1.29, 1.82) is 0 Å². The summed E-state index contributed by atoms with van der Waals surface area (Å²) in [5.41, 5.74) is 1.29. The first-order valence-electron chi connectivity index (χ1n) is 10.8. The number of hydrogen-bond donors (Lipinski definition) is 1. The van der Waals surface area contributed by atoms with Gasteiger partial charge in [0.2, 0.25) is 5.91 Å². The number of Topliss-reactive ketones (excluding diaryl/α,β-unsaturated/α-hetero) is 1. The van der Waals surface area contributed by atoms with Gasteiger partial charge in [-0.05, 0) is 42.8 Å². The van der Waals surface area contributed by atoms with Crippen LogP contribution in [0.15, 0.2) is 48.5 Å². The van der Waals surface area contributed by atoms with Gasteiger partial charge in [0.1, 0.15) is 5.75 Å². The lowest BCUT2D eigenvalue weighted by Crippen LogP contribution is -2.17. The van der Waals surface area contributed by atoms with Crippen LogP contribution in [-0.2, 0) is 9.53 Å². The molecule has 0 unspecified atom stereocenters. The monoisotopic (exact) mass is 425 g/mol. The van der Waals surface area contributed by atoms with Gasteiger partial charge in [0.25, 0.3) is 0 Å². The molecule has 2 rings (SSSR count). The van der Waals surface area contributed by atoms with E-state index in [1.807, 2.05) is 0 Å². The van der Waals surface area contributed by atoms with E-state index in [9.17, 15) is 14.4 Å². The number of ether oxygens (including phenoxy) is 2.